The second kappa shape index (κ2) is 47.6. The van der Waals surface area contributed by atoms with E-state index in [1.165, 1.54) is 205 Å². The Bertz CT molecular complexity index is 1060. The molecule has 8 nitrogen and oxygen atoms in total. The van der Waals surface area contributed by atoms with Crippen molar-refractivity contribution in [3.63, 3.8) is 0 Å². The van der Waals surface area contributed by atoms with Crippen molar-refractivity contribution in [3.05, 3.63) is 12.2 Å². The molecule has 0 amide bonds. The number of likely N-dealkylation sites (N-methyl/N-ethyl adjacent to an activating group) is 1. The Morgan fingerprint density at radius 3 is 1.12 bits per heavy atom. The van der Waals surface area contributed by atoms with Gasteiger partial charge in [-0.3, -0.25) is 9.59 Å². The Morgan fingerprint density at radius 1 is 0.453 bits per heavy atom. The van der Waals surface area contributed by atoms with Gasteiger partial charge in [0, 0.05) is 19.3 Å². The molecule has 0 aromatic carbocycles. The molecule has 0 rings (SSSR count). The third-order valence-electron chi connectivity index (χ3n) is 12.9. The second-order valence-corrected chi connectivity index (χ2v) is 20.2. The molecule has 1 N–H and O–H groups in total. The van der Waals surface area contributed by atoms with Crippen LogP contribution < -0.4 is 0 Å². The highest BCUT2D eigenvalue weighted by molar-refractivity contribution is 5.72. The molecule has 0 saturated carbocycles. The lowest BCUT2D eigenvalue weighted by Crippen LogP contribution is -2.50. The van der Waals surface area contributed by atoms with E-state index in [1.807, 2.05) is 21.1 Å². The van der Waals surface area contributed by atoms with Crippen molar-refractivity contribution < 1.29 is 38.2 Å². The van der Waals surface area contributed by atoms with Gasteiger partial charge in [-0.25, -0.2) is 4.79 Å². The van der Waals surface area contributed by atoms with Crippen molar-refractivity contribution in [3.8, 4) is 0 Å². The largest absolute Gasteiger partial charge is 0.477 e. The fraction of sp³-hybridized carbons (Fsp3) is 0.911. The zero-order chi connectivity index (χ0) is 47.0. The summed E-state index contributed by atoms with van der Waals surface area (Å²) in [4.78, 5) is 37.2. The number of aliphatic carboxylic acids is 1. The van der Waals surface area contributed by atoms with Gasteiger partial charge in [0.05, 0.1) is 34.4 Å². The minimum Gasteiger partial charge on any atom is -0.477 e. The van der Waals surface area contributed by atoms with Crippen LogP contribution in [0.25, 0.3) is 0 Å². The number of hydrogen-bond acceptors (Lipinski definition) is 6. The van der Waals surface area contributed by atoms with Crippen molar-refractivity contribution in [1.82, 2.24) is 0 Å². The number of allylic oxidation sites excluding steroid dienone is 2. The molecule has 378 valence electrons. The molecule has 0 spiro atoms. The molecule has 64 heavy (non-hydrogen) atoms. The van der Waals surface area contributed by atoms with E-state index < -0.39 is 18.1 Å². The summed E-state index contributed by atoms with van der Waals surface area (Å²) >= 11 is 0. The van der Waals surface area contributed by atoms with Crippen molar-refractivity contribution >= 4 is 17.9 Å². The number of carboxylic acids is 1. The number of esters is 2. The second-order valence-electron chi connectivity index (χ2n) is 20.2. The van der Waals surface area contributed by atoms with Gasteiger partial charge in [0.1, 0.15) is 6.61 Å². The molecule has 0 fully saturated rings. The monoisotopic (exact) mass is 907 g/mol. The van der Waals surface area contributed by atoms with Crippen molar-refractivity contribution in [1.29, 1.82) is 0 Å². The summed E-state index contributed by atoms with van der Waals surface area (Å²) in [6, 6.07) is -0.612. The zero-order valence-electron chi connectivity index (χ0n) is 43.3. The van der Waals surface area contributed by atoms with Crippen molar-refractivity contribution in [2.75, 3.05) is 41.0 Å². The molecular weight excluding hydrogens is 799 g/mol. The summed E-state index contributed by atoms with van der Waals surface area (Å²) in [5, 5.41) is 9.66. The molecule has 2 atom stereocenters. The highest BCUT2D eigenvalue weighted by Crippen LogP contribution is 2.17. The zero-order valence-corrected chi connectivity index (χ0v) is 43.3. The van der Waals surface area contributed by atoms with E-state index in [9.17, 15) is 19.5 Å². The summed E-state index contributed by atoms with van der Waals surface area (Å²) in [6.45, 7) is 4.79. The van der Waals surface area contributed by atoms with Crippen LogP contribution >= 0.6 is 0 Å². The first-order valence-corrected chi connectivity index (χ1v) is 27.7. The van der Waals surface area contributed by atoms with Crippen LogP contribution in [0.5, 0.6) is 0 Å². The Hall–Kier alpha value is -1.93. The van der Waals surface area contributed by atoms with E-state index in [1.54, 1.807) is 0 Å². The van der Waals surface area contributed by atoms with Gasteiger partial charge >= 0.3 is 17.9 Å². The maximum Gasteiger partial charge on any atom is 0.362 e. The van der Waals surface area contributed by atoms with Gasteiger partial charge in [-0.2, -0.15) is 0 Å². The van der Waals surface area contributed by atoms with E-state index in [0.29, 0.717) is 19.3 Å². The summed E-state index contributed by atoms with van der Waals surface area (Å²) in [5.74, 6) is -1.45. The molecule has 0 radical (unpaired) electrons. The van der Waals surface area contributed by atoms with Crippen LogP contribution in [0.15, 0.2) is 12.2 Å². The Kier molecular flexibility index (Phi) is 46.1. The molecule has 0 aliphatic rings. The fourth-order valence-electron chi connectivity index (χ4n) is 8.62. The predicted octanol–water partition coefficient (Wildman–Crippen LogP) is 16.2. The Morgan fingerprint density at radius 2 is 0.781 bits per heavy atom. The highest BCUT2D eigenvalue weighted by atomic mass is 16.6. The van der Waals surface area contributed by atoms with Crippen LogP contribution in [-0.4, -0.2) is 80.6 Å². The number of carbonyl (C=O) groups is 3. The first-order chi connectivity index (χ1) is 31.1. The first kappa shape index (κ1) is 62.1. The van der Waals surface area contributed by atoms with Gasteiger partial charge in [-0.15, -0.1) is 0 Å². The molecule has 0 saturated heterocycles. The molecule has 0 aromatic heterocycles. The number of unbranched alkanes of at least 4 members (excludes halogenated alkanes) is 35. The molecule has 0 heterocycles. The van der Waals surface area contributed by atoms with E-state index in [0.717, 1.165) is 38.5 Å². The number of carboxylic acid groups (broad SMARTS) is 1. The fourth-order valence-corrected chi connectivity index (χ4v) is 8.62. The van der Waals surface area contributed by atoms with Crippen LogP contribution in [-0.2, 0) is 28.6 Å². The minimum absolute atomic E-state index is 0.0458. The van der Waals surface area contributed by atoms with Gasteiger partial charge in [-0.05, 0) is 38.5 Å². The standard InChI is InChI=1S/C56H107NO7/c1-6-8-10-12-14-16-18-20-22-24-25-26-27-28-29-31-33-35-37-39-41-43-45-47-55(59)64-52(50-62-49-48-53(56(60)61)57(3,4)5)51-63-54(58)46-44-42-40-38-36-34-32-30-23-21-19-17-15-13-11-9-7-2/h28-29,52-53H,6-27,30-51H2,1-5H3/p+1/b29-28+. The Labute approximate surface area is 397 Å². The van der Waals surface area contributed by atoms with Gasteiger partial charge in [0.15, 0.2) is 12.1 Å². The summed E-state index contributed by atoms with van der Waals surface area (Å²) in [5.41, 5.74) is 0. The van der Waals surface area contributed by atoms with Gasteiger partial charge in [0.25, 0.3) is 0 Å². The highest BCUT2D eigenvalue weighted by Gasteiger charge is 2.31. The van der Waals surface area contributed by atoms with Crippen LogP contribution in [0, 0.1) is 0 Å². The molecule has 0 aliphatic heterocycles. The molecule has 0 bridgehead atoms. The van der Waals surface area contributed by atoms with Crippen LogP contribution in [0.3, 0.4) is 0 Å². The number of rotatable bonds is 51. The van der Waals surface area contributed by atoms with E-state index in [4.69, 9.17) is 14.2 Å². The van der Waals surface area contributed by atoms with Gasteiger partial charge in [0.2, 0.25) is 0 Å². The number of quaternary nitrogens is 1. The number of carbonyl (C=O) groups excluding carboxylic acids is 2. The quantitative estimate of drug-likeness (QED) is 0.0281. The molecule has 8 heteroatoms. The van der Waals surface area contributed by atoms with Crippen LogP contribution in [0.4, 0.5) is 0 Å². The summed E-state index contributed by atoms with van der Waals surface area (Å²) < 4.78 is 17.4. The summed E-state index contributed by atoms with van der Waals surface area (Å²) in [7, 11) is 5.55. The lowest BCUT2D eigenvalue weighted by molar-refractivity contribution is -0.887. The lowest BCUT2D eigenvalue weighted by Gasteiger charge is -2.31. The molecule has 0 aliphatic carbocycles. The maximum atomic E-state index is 12.8. The number of nitrogens with zero attached hydrogens (tertiary/aromatic N) is 1. The van der Waals surface area contributed by atoms with E-state index in [2.05, 4.69) is 26.0 Å². The smallest absolute Gasteiger partial charge is 0.362 e. The SMILES string of the molecule is CCCCCCCCCCCCCC/C=C/CCCCCCCCCC(=O)OC(COCCC(C(=O)O)[N+](C)(C)C)COC(=O)CCCCCCCCCCCCCCCCCCC. The average Bonchev–Trinajstić information content (AvgIpc) is 3.26. The van der Waals surface area contributed by atoms with Crippen molar-refractivity contribution in [2.45, 2.75) is 289 Å². The lowest BCUT2D eigenvalue weighted by atomic mass is 10.0. The summed E-state index contributed by atoms with van der Waals surface area (Å²) in [6.07, 6.45) is 54.1. The van der Waals surface area contributed by atoms with Gasteiger partial charge in [-0.1, -0.05) is 231 Å². The third-order valence-corrected chi connectivity index (χ3v) is 12.9. The topological polar surface area (TPSA) is 99.1 Å². The number of hydrogen-bond donors (Lipinski definition) is 1. The van der Waals surface area contributed by atoms with Crippen LogP contribution in [0.2, 0.25) is 0 Å². The minimum atomic E-state index is -0.870. The molecule has 2 unspecified atom stereocenters. The predicted molar refractivity (Wildman–Crippen MR) is 271 cm³/mol. The Balaban J connectivity index is 4.16. The van der Waals surface area contributed by atoms with Crippen molar-refractivity contribution in [2.24, 2.45) is 0 Å². The third kappa shape index (κ3) is 45.2. The van der Waals surface area contributed by atoms with E-state index in [-0.39, 0.29) is 36.2 Å². The molecule has 0 aromatic rings. The average molecular weight is 907 g/mol. The van der Waals surface area contributed by atoms with E-state index >= 15 is 0 Å². The van der Waals surface area contributed by atoms with Crippen LogP contribution in [0.1, 0.15) is 277 Å². The normalized spacial score (nSPS) is 12.8. The van der Waals surface area contributed by atoms with Gasteiger partial charge < -0.3 is 23.8 Å². The first-order valence-electron chi connectivity index (χ1n) is 27.7. The molecular formula is C56H108NO7+. The number of ether oxygens (including phenoxy) is 3. The maximum absolute atomic E-state index is 12.8.